The lowest BCUT2D eigenvalue weighted by Crippen LogP contribution is -2.22. The Kier molecular flexibility index (Phi) is 5.28. The number of aryl methyl sites for hydroxylation is 2. The number of carbonyl (C=O) groups is 2. The quantitative estimate of drug-likeness (QED) is 0.711. The molecule has 1 aromatic carbocycles. The van der Waals surface area contributed by atoms with Crippen molar-refractivity contribution in [2.45, 2.75) is 12.8 Å². The molecule has 9 heteroatoms. The highest BCUT2D eigenvalue weighted by molar-refractivity contribution is 9.10. The number of amides is 2. The molecule has 0 saturated carbocycles. The second-order valence-electron chi connectivity index (χ2n) is 5.69. The average Bonchev–Trinajstić information content (AvgIpc) is 2.84. The van der Waals surface area contributed by atoms with Crippen LogP contribution in [-0.4, -0.2) is 38.2 Å². The first kappa shape index (κ1) is 18.4. The Labute approximate surface area is 162 Å². The molecule has 2 amide bonds. The predicted molar refractivity (Wildman–Crippen MR) is 103 cm³/mol. The first-order valence-electron chi connectivity index (χ1n) is 7.64. The zero-order valence-electron chi connectivity index (χ0n) is 13.8. The number of likely N-dealkylation sites (N-methyl/N-ethyl adjacent to an activating group) is 1. The van der Waals surface area contributed by atoms with E-state index in [1.165, 1.54) is 7.05 Å². The Morgan fingerprint density at radius 1 is 1.27 bits per heavy atom. The maximum atomic E-state index is 12.0. The summed E-state index contributed by atoms with van der Waals surface area (Å²) in [7, 11) is 1.45. The van der Waals surface area contributed by atoms with Crippen molar-refractivity contribution in [3.8, 4) is 5.75 Å². The Balaban J connectivity index is 1.84. The van der Waals surface area contributed by atoms with Crippen molar-refractivity contribution in [2.24, 2.45) is 0 Å². The van der Waals surface area contributed by atoms with Crippen LogP contribution in [0, 0.1) is 0 Å². The van der Waals surface area contributed by atoms with Crippen molar-refractivity contribution in [3.63, 3.8) is 0 Å². The van der Waals surface area contributed by atoms with Gasteiger partial charge in [0.25, 0.3) is 11.1 Å². The standard InChI is InChI=1S/C17H15BrN4O3S/c1-22-15(24)14(26-17(22)25)5-11-4-10(13(23)6-12(11)18)3-2-9-7-20-16(19)21-8-9/h4-8,23H,2-3H2,1H3,(H2,19,20,21)/b14-5-. The van der Waals surface area contributed by atoms with Gasteiger partial charge in [0.1, 0.15) is 5.75 Å². The van der Waals surface area contributed by atoms with E-state index in [1.54, 1.807) is 30.6 Å². The molecule has 2 aromatic rings. The summed E-state index contributed by atoms with van der Waals surface area (Å²) >= 11 is 4.28. The van der Waals surface area contributed by atoms with Gasteiger partial charge in [0.15, 0.2) is 0 Å². The van der Waals surface area contributed by atoms with Gasteiger partial charge in [-0.3, -0.25) is 14.5 Å². The summed E-state index contributed by atoms with van der Waals surface area (Å²) in [5, 5.41) is 9.89. The number of hydrogen-bond acceptors (Lipinski definition) is 7. The first-order chi connectivity index (χ1) is 12.3. The lowest BCUT2D eigenvalue weighted by Gasteiger charge is -2.09. The van der Waals surface area contributed by atoms with Gasteiger partial charge in [-0.15, -0.1) is 0 Å². The highest BCUT2D eigenvalue weighted by atomic mass is 79.9. The number of aromatic nitrogens is 2. The normalized spacial score (nSPS) is 15.9. The van der Waals surface area contributed by atoms with E-state index in [4.69, 9.17) is 5.73 Å². The van der Waals surface area contributed by atoms with Gasteiger partial charge in [0.05, 0.1) is 4.91 Å². The third-order valence-electron chi connectivity index (χ3n) is 3.88. The first-order valence-corrected chi connectivity index (χ1v) is 9.25. The molecule has 134 valence electrons. The molecule has 1 aliphatic rings. The van der Waals surface area contributed by atoms with Gasteiger partial charge < -0.3 is 10.8 Å². The van der Waals surface area contributed by atoms with Crippen molar-refractivity contribution in [3.05, 3.63) is 50.6 Å². The molecular formula is C17H15BrN4O3S. The molecule has 0 aliphatic carbocycles. The molecule has 1 saturated heterocycles. The summed E-state index contributed by atoms with van der Waals surface area (Å²) in [5.74, 6) is 0.0296. The molecule has 2 heterocycles. The highest BCUT2D eigenvalue weighted by Crippen LogP contribution is 2.34. The van der Waals surface area contributed by atoms with Crippen LogP contribution in [0.3, 0.4) is 0 Å². The number of halogens is 1. The van der Waals surface area contributed by atoms with Crippen LogP contribution in [0.5, 0.6) is 5.75 Å². The molecule has 3 N–H and O–H groups in total. The number of benzene rings is 1. The summed E-state index contributed by atoms with van der Waals surface area (Å²) in [6.07, 6.45) is 6.13. The molecule has 1 fully saturated rings. The highest BCUT2D eigenvalue weighted by Gasteiger charge is 2.31. The fourth-order valence-corrected chi connectivity index (χ4v) is 3.66. The minimum Gasteiger partial charge on any atom is -0.508 e. The van der Waals surface area contributed by atoms with Crippen LogP contribution in [-0.2, 0) is 17.6 Å². The molecule has 0 bridgehead atoms. The summed E-state index contributed by atoms with van der Waals surface area (Å²) < 4.78 is 0.637. The van der Waals surface area contributed by atoms with Crippen molar-refractivity contribution < 1.29 is 14.7 Å². The van der Waals surface area contributed by atoms with Crippen LogP contribution >= 0.6 is 27.7 Å². The summed E-state index contributed by atoms with van der Waals surface area (Å²) in [6, 6.07) is 3.37. The van der Waals surface area contributed by atoms with E-state index in [-0.39, 0.29) is 22.8 Å². The Hall–Kier alpha value is -2.39. The van der Waals surface area contributed by atoms with Gasteiger partial charge in [0.2, 0.25) is 5.95 Å². The van der Waals surface area contributed by atoms with Gasteiger partial charge in [0, 0.05) is 23.9 Å². The number of imide groups is 1. The van der Waals surface area contributed by atoms with E-state index in [1.807, 2.05) is 0 Å². The summed E-state index contributed by atoms with van der Waals surface area (Å²) in [4.78, 5) is 33.0. The van der Waals surface area contributed by atoms with Crippen molar-refractivity contribution in [1.82, 2.24) is 14.9 Å². The largest absolute Gasteiger partial charge is 0.508 e. The number of nitrogen functional groups attached to an aromatic ring is 1. The number of nitrogens with zero attached hydrogens (tertiary/aromatic N) is 3. The third-order valence-corrected chi connectivity index (χ3v) is 5.53. The fraction of sp³-hybridized carbons (Fsp3) is 0.176. The number of aromatic hydroxyl groups is 1. The molecule has 1 aromatic heterocycles. The van der Waals surface area contributed by atoms with Crippen LogP contribution < -0.4 is 5.73 Å². The number of phenols is 1. The van der Waals surface area contributed by atoms with Crippen LogP contribution in [0.15, 0.2) is 33.9 Å². The molecule has 7 nitrogen and oxygen atoms in total. The van der Waals surface area contributed by atoms with E-state index < -0.39 is 0 Å². The lowest BCUT2D eigenvalue weighted by molar-refractivity contribution is -0.121. The smallest absolute Gasteiger partial charge is 0.293 e. The maximum Gasteiger partial charge on any atom is 0.293 e. The molecule has 0 spiro atoms. The topological polar surface area (TPSA) is 109 Å². The summed E-state index contributed by atoms with van der Waals surface area (Å²) in [6.45, 7) is 0. The van der Waals surface area contributed by atoms with E-state index in [9.17, 15) is 14.7 Å². The van der Waals surface area contributed by atoms with E-state index >= 15 is 0 Å². The minimum atomic E-state index is -0.333. The minimum absolute atomic E-state index is 0.147. The molecule has 0 unspecified atom stereocenters. The van der Waals surface area contributed by atoms with Gasteiger partial charge in [-0.1, -0.05) is 15.9 Å². The molecule has 0 atom stereocenters. The third kappa shape index (κ3) is 3.88. The van der Waals surface area contributed by atoms with Crippen LogP contribution in [0.4, 0.5) is 10.7 Å². The lowest BCUT2D eigenvalue weighted by atomic mass is 10.0. The number of phenolic OH excluding ortho intramolecular Hbond substituents is 1. The van der Waals surface area contributed by atoms with Crippen LogP contribution in [0.1, 0.15) is 16.7 Å². The molecule has 1 aliphatic heterocycles. The van der Waals surface area contributed by atoms with Crippen molar-refractivity contribution in [1.29, 1.82) is 0 Å². The van der Waals surface area contributed by atoms with Gasteiger partial charge in [-0.25, -0.2) is 9.97 Å². The second kappa shape index (κ2) is 7.46. The number of anilines is 1. The summed E-state index contributed by atoms with van der Waals surface area (Å²) in [5.41, 5.74) is 7.80. The number of nitrogens with two attached hydrogens (primary N) is 1. The second-order valence-corrected chi connectivity index (χ2v) is 7.54. The Morgan fingerprint density at radius 2 is 1.96 bits per heavy atom. The van der Waals surface area contributed by atoms with Gasteiger partial charge in [-0.2, -0.15) is 0 Å². The molecular weight excluding hydrogens is 420 g/mol. The number of carbonyl (C=O) groups excluding carboxylic acids is 2. The maximum absolute atomic E-state index is 12.0. The molecule has 26 heavy (non-hydrogen) atoms. The number of rotatable bonds is 4. The number of hydrogen-bond donors (Lipinski definition) is 2. The van der Waals surface area contributed by atoms with E-state index in [0.717, 1.165) is 22.2 Å². The predicted octanol–water partition coefficient (Wildman–Crippen LogP) is 2.98. The number of thioether (sulfide) groups is 1. The van der Waals surface area contributed by atoms with Crippen LogP contribution in [0.2, 0.25) is 0 Å². The van der Waals surface area contributed by atoms with Crippen molar-refractivity contribution >= 4 is 50.9 Å². The fourth-order valence-electron chi connectivity index (χ4n) is 2.40. The monoisotopic (exact) mass is 434 g/mol. The average molecular weight is 435 g/mol. The Bertz CT molecular complexity index is 915. The zero-order valence-corrected chi connectivity index (χ0v) is 16.2. The van der Waals surface area contributed by atoms with E-state index in [0.29, 0.717) is 33.3 Å². The van der Waals surface area contributed by atoms with Crippen molar-refractivity contribution in [2.75, 3.05) is 12.8 Å². The SMILES string of the molecule is CN1C(=O)S/C(=C\c2cc(CCc3cnc(N)nc3)c(O)cc2Br)C1=O. The zero-order chi connectivity index (χ0) is 18.8. The van der Waals surface area contributed by atoms with Gasteiger partial charge in [-0.05, 0) is 59.5 Å². The van der Waals surface area contributed by atoms with E-state index in [2.05, 4.69) is 25.9 Å². The van der Waals surface area contributed by atoms with Crippen LogP contribution in [0.25, 0.3) is 6.08 Å². The molecule has 0 radical (unpaired) electrons. The van der Waals surface area contributed by atoms with Gasteiger partial charge >= 0.3 is 0 Å². The molecule has 3 rings (SSSR count). The Morgan fingerprint density at radius 3 is 2.58 bits per heavy atom.